The van der Waals surface area contributed by atoms with E-state index in [2.05, 4.69) is 29.3 Å². The zero-order valence-corrected chi connectivity index (χ0v) is 8.45. The number of nitrogens with two attached hydrogens (primary N) is 1. The summed E-state index contributed by atoms with van der Waals surface area (Å²) < 4.78 is 0. The molecular weight excluding hydrogens is 166 g/mol. The van der Waals surface area contributed by atoms with E-state index in [1.54, 1.807) is 5.01 Å². The zero-order chi connectivity index (χ0) is 9.68. The molecule has 3 N–H and O–H groups in total. The number of aliphatic imine (C=N–C) groups is 1. The van der Waals surface area contributed by atoms with Crippen molar-refractivity contribution in [2.75, 3.05) is 40.3 Å². The molecule has 0 saturated carbocycles. The summed E-state index contributed by atoms with van der Waals surface area (Å²) in [5, 5.41) is 4.87. The van der Waals surface area contributed by atoms with Crippen LogP contribution in [0.1, 0.15) is 6.42 Å². The van der Waals surface area contributed by atoms with Gasteiger partial charge in [0, 0.05) is 6.54 Å². The van der Waals surface area contributed by atoms with Crippen LogP contribution in [0.25, 0.3) is 0 Å². The number of hydrazine groups is 1. The zero-order valence-electron chi connectivity index (χ0n) is 8.45. The molecule has 1 heterocycles. The average molecular weight is 185 g/mol. The van der Waals surface area contributed by atoms with Crippen molar-refractivity contribution in [3.8, 4) is 0 Å². The molecule has 1 aliphatic heterocycles. The summed E-state index contributed by atoms with van der Waals surface area (Å²) in [5.74, 6) is 6.48. The summed E-state index contributed by atoms with van der Waals surface area (Å²) in [6, 6.07) is 0. The molecule has 13 heavy (non-hydrogen) atoms. The Labute approximate surface area is 79.6 Å². The maximum absolute atomic E-state index is 5.65. The Morgan fingerprint density at radius 1 is 1.62 bits per heavy atom. The molecule has 0 atom stereocenters. The largest absolute Gasteiger partial charge is 0.355 e. The van der Waals surface area contributed by atoms with Crippen LogP contribution in [0.4, 0.5) is 0 Å². The molecule has 0 radical (unpaired) electrons. The van der Waals surface area contributed by atoms with Gasteiger partial charge in [-0.2, -0.15) is 0 Å². The molecule has 0 saturated heterocycles. The molecule has 0 spiro atoms. The van der Waals surface area contributed by atoms with Gasteiger partial charge in [0.1, 0.15) is 0 Å². The monoisotopic (exact) mass is 185 g/mol. The van der Waals surface area contributed by atoms with Gasteiger partial charge in [-0.05, 0) is 27.1 Å². The highest BCUT2D eigenvalue weighted by atomic mass is 15.5. The highest BCUT2D eigenvalue weighted by molar-refractivity contribution is 5.80. The van der Waals surface area contributed by atoms with E-state index in [1.165, 1.54) is 0 Å². The van der Waals surface area contributed by atoms with Gasteiger partial charge in [-0.25, -0.2) is 5.84 Å². The van der Waals surface area contributed by atoms with Crippen LogP contribution in [0.2, 0.25) is 0 Å². The molecule has 0 aromatic heterocycles. The second-order valence-electron chi connectivity index (χ2n) is 3.48. The Hall–Kier alpha value is -0.810. The second kappa shape index (κ2) is 5.04. The van der Waals surface area contributed by atoms with Crippen molar-refractivity contribution in [1.82, 2.24) is 15.2 Å². The lowest BCUT2D eigenvalue weighted by atomic mass is 10.4. The molecule has 0 bridgehead atoms. The predicted molar refractivity (Wildman–Crippen MR) is 54.4 cm³/mol. The van der Waals surface area contributed by atoms with Crippen molar-refractivity contribution in [2.24, 2.45) is 10.8 Å². The van der Waals surface area contributed by atoms with Gasteiger partial charge in [-0.3, -0.25) is 10.0 Å². The minimum Gasteiger partial charge on any atom is -0.355 e. The van der Waals surface area contributed by atoms with Gasteiger partial charge in [0.05, 0.1) is 13.1 Å². The lowest BCUT2D eigenvalue weighted by molar-refractivity contribution is 0.396. The number of nitrogens with zero attached hydrogens (tertiary/aromatic N) is 3. The fourth-order valence-corrected chi connectivity index (χ4v) is 1.21. The van der Waals surface area contributed by atoms with Gasteiger partial charge >= 0.3 is 0 Å². The first-order valence-electron chi connectivity index (χ1n) is 4.65. The summed E-state index contributed by atoms with van der Waals surface area (Å²) in [4.78, 5) is 6.39. The third-order valence-electron chi connectivity index (χ3n) is 1.94. The fourth-order valence-electron chi connectivity index (χ4n) is 1.21. The van der Waals surface area contributed by atoms with Gasteiger partial charge in [0.25, 0.3) is 0 Å². The van der Waals surface area contributed by atoms with E-state index in [0.717, 1.165) is 38.6 Å². The number of hydrogen-bond acceptors (Lipinski definition) is 5. The first kappa shape index (κ1) is 10.3. The van der Waals surface area contributed by atoms with Gasteiger partial charge in [-0.1, -0.05) is 0 Å². The number of nitrogens with one attached hydrogen (secondary N) is 1. The van der Waals surface area contributed by atoms with Crippen LogP contribution in [-0.4, -0.2) is 56.1 Å². The van der Waals surface area contributed by atoms with Crippen molar-refractivity contribution in [2.45, 2.75) is 6.42 Å². The average Bonchev–Trinajstić information content (AvgIpc) is 2.45. The van der Waals surface area contributed by atoms with E-state index in [1.807, 2.05) is 0 Å². The second-order valence-corrected chi connectivity index (χ2v) is 3.48. The Kier molecular flexibility index (Phi) is 3.98. The maximum Gasteiger partial charge on any atom is 0.208 e. The van der Waals surface area contributed by atoms with E-state index >= 15 is 0 Å². The summed E-state index contributed by atoms with van der Waals surface area (Å²) in [5.41, 5.74) is 0. The number of hydrogen-bond donors (Lipinski definition) is 2. The molecule has 1 rings (SSSR count). The van der Waals surface area contributed by atoms with Gasteiger partial charge in [0.15, 0.2) is 0 Å². The van der Waals surface area contributed by atoms with Crippen LogP contribution in [-0.2, 0) is 0 Å². The molecular formula is C8H19N5. The molecule has 0 unspecified atom stereocenters. The minimum atomic E-state index is 0.812. The third-order valence-corrected chi connectivity index (χ3v) is 1.94. The summed E-state index contributed by atoms with van der Waals surface area (Å²) in [6.45, 7) is 3.66. The van der Waals surface area contributed by atoms with Crippen LogP contribution >= 0.6 is 0 Å². The first-order valence-corrected chi connectivity index (χ1v) is 4.65. The van der Waals surface area contributed by atoms with Gasteiger partial charge < -0.3 is 10.2 Å². The van der Waals surface area contributed by atoms with Crippen molar-refractivity contribution in [1.29, 1.82) is 0 Å². The van der Waals surface area contributed by atoms with Crippen molar-refractivity contribution in [3.63, 3.8) is 0 Å². The summed E-state index contributed by atoms with van der Waals surface area (Å²) in [7, 11) is 4.14. The normalized spacial score (nSPS) is 16.6. The van der Waals surface area contributed by atoms with Crippen LogP contribution in [0.15, 0.2) is 4.99 Å². The topological polar surface area (TPSA) is 56.9 Å². The molecule has 0 fully saturated rings. The Balaban J connectivity index is 2.06. The van der Waals surface area contributed by atoms with Crippen molar-refractivity contribution < 1.29 is 0 Å². The van der Waals surface area contributed by atoms with Crippen LogP contribution in [0.5, 0.6) is 0 Å². The molecule has 5 heteroatoms. The van der Waals surface area contributed by atoms with Crippen molar-refractivity contribution >= 4 is 5.96 Å². The van der Waals surface area contributed by atoms with E-state index in [9.17, 15) is 0 Å². The van der Waals surface area contributed by atoms with E-state index in [4.69, 9.17) is 5.84 Å². The number of guanidine groups is 1. The minimum absolute atomic E-state index is 0.812. The van der Waals surface area contributed by atoms with Crippen LogP contribution in [0.3, 0.4) is 0 Å². The van der Waals surface area contributed by atoms with Crippen LogP contribution in [0, 0.1) is 0 Å². The SMILES string of the molecule is CN(C)CCCNC1=NCCN1N. The highest BCUT2D eigenvalue weighted by Gasteiger charge is 2.11. The lowest BCUT2D eigenvalue weighted by Gasteiger charge is -2.15. The standard InChI is InChI=1S/C8H19N5/c1-12(2)6-3-4-10-8-11-5-7-13(8)9/h3-7,9H2,1-2H3,(H,10,11). The fraction of sp³-hybridized carbons (Fsp3) is 0.875. The third kappa shape index (κ3) is 3.61. The smallest absolute Gasteiger partial charge is 0.208 e. The maximum atomic E-state index is 5.65. The molecule has 0 aliphatic carbocycles. The summed E-state index contributed by atoms with van der Waals surface area (Å²) >= 11 is 0. The lowest BCUT2D eigenvalue weighted by Crippen LogP contribution is -2.43. The van der Waals surface area contributed by atoms with Gasteiger partial charge in [-0.15, -0.1) is 0 Å². The Morgan fingerprint density at radius 2 is 2.38 bits per heavy atom. The first-order chi connectivity index (χ1) is 6.20. The quantitative estimate of drug-likeness (QED) is 0.439. The van der Waals surface area contributed by atoms with Crippen molar-refractivity contribution in [3.05, 3.63) is 0 Å². The molecule has 5 nitrogen and oxygen atoms in total. The molecule has 76 valence electrons. The van der Waals surface area contributed by atoms with Crippen LogP contribution < -0.4 is 11.2 Å². The Bertz CT molecular complexity index is 177. The molecule has 0 aromatic carbocycles. The Morgan fingerprint density at radius 3 is 2.92 bits per heavy atom. The predicted octanol–water partition coefficient (Wildman–Crippen LogP) is -0.927. The summed E-state index contributed by atoms with van der Waals surface area (Å²) in [6.07, 6.45) is 1.11. The highest BCUT2D eigenvalue weighted by Crippen LogP contribution is 1.92. The van der Waals surface area contributed by atoms with E-state index < -0.39 is 0 Å². The van der Waals surface area contributed by atoms with E-state index in [-0.39, 0.29) is 0 Å². The van der Waals surface area contributed by atoms with Gasteiger partial charge in [0.2, 0.25) is 5.96 Å². The molecule has 0 amide bonds. The number of rotatable bonds is 4. The molecule has 0 aromatic rings. The van der Waals surface area contributed by atoms with E-state index in [0.29, 0.717) is 0 Å². The molecule has 1 aliphatic rings.